The third kappa shape index (κ3) is 3.57. The Morgan fingerprint density at radius 3 is 2.59 bits per heavy atom. The van der Waals surface area contributed by atoms with Crippen LogP contribution >= 0.6 is 15.9 Å². The molecule has 0 aliphatic heterocycles. The number of fused-ring (bicyclic) bond motifs is 1. The molecule has 6 nitrogen and oxygen atoms in total. The largest absolute Gasteiger partial charge is 0.461 e. The normalized spacial score (nSPS) is 11.6. The van der Waals surface area contributed by atoms with Crippen LogP contribution in [-0.4, -0.2) is 27.3 Å². The summed E-state index contributed by atoms with van der Waals surface area (Å²) in [7, 11) is 0. The summed E-state index contributed by atoms with van der Waals surface area (Å²) in [5, 5.41) is 4.16. The SMILES string of the molecule is CCOC(=O)c1nn(-c2ccc(C(F)(F)F)nc2)c2cccc(Br)c2c1=O. The molecule has 0 aliphatic rings. The molecule has 0 bridgehead atoms. The molecule has 0 spiro atoms. The first-order chi connectivity index (χ1) is 12.7. The van der Waals surface area contributed by atoms with E-state index in [1.165, 1.54) is 4.68 Å². The molecular weight excluding hydrogens is 431 g/mol. The number of hydrogen-bond acceptors (Lipinski definition) is 5. The van der Waals surface area contributed by atoms with Crippen molar-refractivity contribution in [1.29, 1.82) is 0 Å². The van der Waals surface area contributed by atoms with Crippen molar-refractivity contribution in [3.63, 3.8) is 0 Å². The highest BCUT2D eigenvalue weighted by atomic mass is 79.9. The van der Waals surface area contributed by atoms with Gasteiger partial charge in [-0.05, 0) is 47.1 Å². The number of benzene rings is 1. The molecule has 2 heterocycles. The molecule has 140 valence electrons. The van der Waals surface area contributed by atoms with Crippen LogP contribution in [0, 0.1) is 0 Å². The minimum absolute atomic E-state index is 0.0375. The Kier molecular flexibility index (Phi) is 5.01. The van der Waals surface area contributed by atoms with Gasteiger partial charge in [0, 0.05) is 4.47 Å². The second-order valence-corrected chi connectivity index (χ2v) is 6.20. The van der Waals surface area contributed by atoms with Crippen molar-refractivity contribution in [3.05, 3.63) is 62.6 Å². The van der Waals surface area contributed by atoms with Crippen LogP contribution in [0.1, 0.15) is 23.1 Å². The van der Waals surface area contributed by atoms with E-state index < -0.39 is 29.0 Å². The summed E-state index contributed by atoms with van der Waals surface area (Å²) in [6.45, 7) is 1.61. The summed E-state index contributed by atoms with van der Waals surface area (Å²) in [6, 6.07) is 6.74. The van der Waals surface area contributed by atoms with Crippen LogP contribution in [0.4, 0.5) is 13.2 Å². The first-order valence-corrected chi connectivity index (χ1v) is 8.45. The molecule has 0 fully saturated rings. The standard InChI is InChI=1S/C17H11BrF3N3O3/c1-2-27-16(26)14-15(25)13-10(18)4-3-5-11(13)24(23-14)9-6-7-12(22-8-9)17(19,20)21/h3-8H,2H2,1H3. The van der Waals surface area contributed by atoms with Gasteiger partial charge in [-0.3, -0.25) is 4.79 Å². The van der Waals surface area contributed by atoms with Gasteiger partial charge in [0.15, 0.2) is 0 Å². The van der Waals surface area contributed by atoms with Gasteiger partial charge in [-0.25, -0.2) is 14.5 Å². The topological polar surface area (TPSA) is 74.1 Å². The van der Waals surface area contributed by atoms with Crippen LogP contribution in [0.25, 0.3) is 16.6 Å². The predicted octanol–water partition coefficient (Wildman–Crippen LogP) is 3.74. The van der Waals surface area contributed by atoms with E-state index in [9.17, 15) is 22.8 Å². The van der Waals surface area contributed by atoms with Gasteiger partial charge in [0.25, 0.3) is 0 Å². The molecule has 0 radical (unpaired) electrons. The molecule has 0 N–H and O–H groups in total. The Balaban J connectivity index is 2.29. The molecule has 0 saturated heterocycles. The van der Waals surface area contributed by atoms with Crippen molar-refractivity contribution in [3.8, 4) is 5.69 Å². The molecule has 10 heteroatoms. The van der Waals surface area contributed by atoms with E-state index in [2.05, 4.69) is 26.0 Å². The van der Waals surface area contributed by atoms with Crippen LogP contribution in [0.15, 0.2) is 45.8 Å². The van der Waals surface area contributed by atoms with Crippen molar-refractivity contribution in [2.24, 2.45) is 0 Å². The number of aromatic nitrogens is 3. The lowest BCUT2D eigenvalue weighted by Crippen LogP contribution is -2.24. The van der Waals surface area contributed by atoms with Crippen molar-refractivity contribution in [2.45, 2.75) is 13.1 Å². The zero-order valence-corrected chi connectivity index (χ0v) is 15.3. The van der Waals surface area contributed by atoms with Crippen molar-refractivity contribution in [1.82, 2.24) is 14.8 Å². The zero-order valence-electron chi connectivity index (χ0n) is 13.7. The summed E-state index contributed by atoms with van der Waals surface area (Å²) >= 11 is 3.26. The molecule has 2 aromatic heterocycles. The Bertz CT molecular complexity index is 1080. The Labute approximate surface area is 158 Å². The maximum absolute atomic E-state index is 12.7. The highest BCUT2D eigenvalue weighted by Crippen LogP contribution is 2.28. The molecule has 3 aromatic rings. The minimum Gasteiger partial charge on any atom is -0.461 e. The fourth-order valence-electron chi connectivity index (χ4n) is 2.44. The molecular formula is C17H11BrF3N3O3. The van der Waals surface area contributed by atoms with Crippen molar-refractivity contribution < 1.29 is 22.7 Å². The van der Waals surface area contributed by atoms with Crippen LogP contribution in [0.2, 0.25) is 0 Å². The van der Waals surface area contributed by atoms with Crippen LogP contribution < -0.4 is 5.43 Å². The fraction of sp³-hybridized carbons (Fsp3) is 0.176. The van der Waals surface area contributed by atoms with Gasteiger partial charge in [-0.2, -0.15) is 18.3 Å². The Hall–Kier alpha value is -2.75. The minimum atomic E-state index is -4.59. The number of pyridine rings is 1. The summed E-state index contributed by atoms with van der Waals surface area (Å²) in [6.07, 6.45) is -3.62. The van der Waals surface area contributed by atoms with Gasteiger partial charge < -0.3 is 4.74 Å². The smallest absolute Gasteiger partial charge is 0.433 e. The van der Waals surface area contributed by atoms with E-state index in [0.717, 1.165) is 18.3 Å². The highest BCUT2D eigenvalue weighted by molar-refractivity contribution is 9.10. The molecule has 0 atom stereocenters. The number of alkyl halides is 3. The summed E-state index contributed by atoms with van der Waals surface area (Å²) in [4.78, 5) is 28.2. The van der Waals surface area contributed by atoms with Crippen LogP contribution in [0.3, 0.4) is 0 Å². The quantitative estimate of drug-likeness (QED) is 0.578. The number of halogens is 4. The average Bonchev–Trinajstić information content (AvgIpc) is 2.61. The zero-order chi connectivity index (χ0) is 19.8. The number of hydrogen-bond donors (Lipinski definition) is 0. The maximum atomic E-state index is 12.7. The van der Waals surface area contributed by atoms with E-state index in [4.69, 9.17) is 4.74 Å². The second kappa shape index (κ2) is 7.10. The first kappa shape index (κ1) is 19.0. The summed E-state index contributed by atoms with van der Waals surface area (Å²) in [5.74, 6) is -0.922. The summed E-state index contributed by atoms with van der Waals surface area (Å²) in [5.41, 5.74) is -1.74. The maximum Gasteiger partial charge on any atom is 0.433 e. The van der Waals surface area contributed by atoms with Gasteiger partial charge in [-0.15, -0.1) is 0 Å². The van der Waals surface area contributed by atoms with E-state index in [-0.39, 0.29) is 17.7 Å². The highest BCUT2D eigenvalue weighted by Gasteiger charge is 2.32. The van der Waals surface area contributed by atoms with Gasteiger partial charge in [0.1, 0.15) is 5.69 Å². The van der Waals surface area contributed by atoms with Crippen LogP contribution in [-0.2, 0) is 10.9 Å². The molecule has 3 rings (SSSR count). The molecule has 1 aromatic carbocycles. The van der Waals surface area contributed by atoms with Gasteiger partial charge in [-0.1, -0.05) is 6.07 Å². The lowest BCUT2D eigenvalue weighted by molar-refractivity contribution is -0.141. The Morgan fingerprint density at radius 2 is 2.00 bits per heavy atom. The number of esters is 1. The summed E-state index contributed by atoms with van der Waals surface area (Å²) < 4.78 is 44.7. The third-order valence-corrected chi connectivity index (χ3v) is 4.27. The number of nitrogens with zero attached hydrogens (tertiary/aromatic N) is 3. The van der Waals surface area contributed by atoms with E-state index in [0.29, 0.717) is 9.99 Å². The number of rotatable bonds is 3. The van der Waals surface area contributed by atoms with E-state index in [1.807, 2.05) is 0 Å². The van der Waals surface area contributed by atoms with Crippen molar-refractivity contribution in [2.75, 3.05) is 6.61 Å². The van der Waals surface area contributed by atoms with Crippen molar-refractivity contribution >= 4 is 32.8 Å². The van der Waals surface area contributed by atoms with Crippen LogP contribution in [0.5, 0.6) is 0 Å². The first-order valence-electron chi connectivity index (χ1n) is 7.66. The molecule has 0 unspecified atom stereocenters. The predicted molar refractivity (Wildman–Crippen MR) is 93.8 cm³/mol. The van der Waals surface area contributed by atoms with E-state index >= 15 is 0 Å². The molecule has 0 aliphatic carbocycles. The van der Waals surface area contributed by atoms with Gasteiger partial charge in [0.2, 0.25) is 11.1 Å². The number of carbonyl (C=O) groups is 1. The fourth-order valence-corrected chi connectivity index (χ4v) is 2.98. The molecule has 0 amide bonds. The van der Waals surface area contributed by atoms with Gasteiger partial charge in [0.05, 0.1) is 29.4 Å². The number of carbonyl (C=O) groups excluding carboxylic acids is 1. The van der Waals surface area contributed by atoms with Gasteiger partial charge >= 0.3 is 12.1 Å². The monoisotopic (exact) mass is 441 g/mol. The van der Waals surface area contributed by atoms with E-state index in [1.54, 1.807) is 25.1 Å². The third-order valence-electron chi connectivity index (χ3n) is 3.61. The second-order valence-electron chi connectivity index (χ2n) is 5.34. The Morgan fingerprint density at radius 1 is 1.26 bits per heavy atom. The lowest BCUT2D eigenvalue weighted by Gasteiger charge is -2.13. The molecule has 0 saturated carbocycles. The average molecular weight is 442 g/mol. The number of ether oxygens (including phenoxy) is 1. The lowest BCUT2D eigenvalue weighted by atomic mass is 10.2. The molecule has 27 heavy (non-hydrogen) atoms.